The molecule has 1 heterocycles. The van der Waals surface area contributed by atoms with Crippen molar-refractivity contribution in [1.29, 1.82) is 0 Å². The summed E-state index contributed by atoms with van der Waals surface area (Å²) in [6.45, 7) is 5.21. The highest BCUT2D eigenvalue weighted by Gasteiger charge is 2.44. The van der Waals surface area contributed by atoms with E-state index in [1.54, 1.807) is 11.3 Å². The van der Waals surface area contributed by atoms with Crippen molar-refractivity contribution in [1.82, 2.24) is 4.90 Å². The van der Waals surface area contributed by atoms with Gasteiger partial charge in [0.25, 0.3) is 0 Å². The van der Waals surface area contributed by atoms with E-state index in [1.165, 1.54) is 24.1 Å². The van der Waals surface area contributed by atoms with Gasteiger partial charge < -0.3 is 4.90 Å². The van der Waals surface area contributed by atoms with Gasteiger partial charge in [-0.1, -0.05) is 18.6 Å². The van der Waals surface area contributed by atoms with Gasteiger partial charge >= 0.3 is 0 Å². The second-order valence-corrected chi connectivity index (χ2v) is 6.90. The highest BCUT2D eigenvalue weighted by atomic mass is 32.1. The zero-order valence-electron chi connectivity index (χ0n) is 11.3. The largest absolute Gasteiger partial charge is 0.334 e. The van der Waals surface area contributed by atoms with Crippen LogP contribution in [0.4, 0.5) is 0 Å². The van der Waals surface area contributed by atoms with Crippen molar-refractivity contribution >= 4 is 17.2 Å². The molecule has 3 unspecified atom stereocenters. The van der Waals surface area contributed by atoms with Crippen molar-refractivity contribution in [2.24, 2.45) is 17.8 Å². The Labute approximate surface area is 119 Å². The van der Waals surface area contributed by atoms with Crippen molar-refractivity contribution in [3.05, 3.63) is 35.0 Å². The van der Waals surface area contributed by atoms with Gasteiger partial charge in [-0.3, -0.25) is 4.79 Å². The van der Waals surface area contributed by atoms with Gasteiger partial charge in [0.05, 0.1) is 6.54 Å². The van der Waals surface area contributed by atoms with Crippen LogP contribution in [-0.4, -0.2) is 17.4 Å². The molecule has 1 aromatic heterocycles. The van der Waals surface area contributed by atoms with Crippen LogP contribution in [0.3, 0.4) is 0 Å². The third-order valence-corrected chi connectivity index (χ3v) is 5.50. The van der Waals surface area contributed by atoms with Crippen LogP contribution in [-0.2, 0) is 11.3 Å². The first kappa shape index (κ1) is 12.9. The topological polar surface area (TPSA) is 20.3 Å². The number of thiophene rings is 1. The predicted molar refractivity (Wildman–Crippen MR) is 78.9 cm³/mol. The second kappa shape index (κ2) is 5.49. The first-order chi connectivity index (χ1) is 9.28. The van der Waals surface area contributed by atoms with E-state index in [9.17, 15) is 4.79 Å². The van der Waals surface area contributed by atoms with E-state index in [0.717, 1.165) is 18.9 Å². The molecule has 0 radical (unpaired) electrons. The Balaban J connectivity index is 1.69. The van der Waals surface area contributed by atoms with Crippen molar-refractivity contribution in [2.75, 3.05) is 6.54 Å². The first-order valence-electron chi connectivity index (χ1n) is 7.20. The van der Waals surface area contributed by atoms with Crippen LogP contribution in [0.15, 0.2) is 30.2 Å². The number of amides is 1. The number of nitrogens with zero attached hydrogens (tertiary/aromatic N) is 1. The van der Waals surface area contributed by atoms with Gasteiger partial charge in [0.2, 0.25) is 5.91 Å². The van der Waals surface area contributed by atoms with Crippen molar-refractivity contribution < 1.29 is 4.79 Å². The van der Waals surface area contributed by atoms with E-state index < -0.39 is 0 Å². The fraction of sp³-hybridized carbons (Fsp3) is 0.562. The molecule has 102 valence electrons. The summed E-state index contributed by atoms with van der Waals surface area (Å²) in [4.78, 5) is 16.0. The van der Waals surface area contributed by atoms with E-state index in [0.29, 0.717) is 24.3 Å². The number of hydrogen-bond donors (Lipinski definition) is 0. The van der Waals surface area contributed by atoms with Crippen LogP contribution in [0, 0.1) is 17.8 Å². The van der Waals surface area contributed by atoms with Crippen LogP contribution in [0.5, 0.6) is 0 Å². The van der Waals surface area contributed by atoms with E-state index >= 15 is 0 Å². The number of carbonyl (C=O) groups is 1. The zero-order chi connectivity index (χ0) is 13.2. The van der Waals surface area contributed by atoms with Gasteiger partial charge in [0.1, 0.15) is 0 Å². The summed E-state index contributed by atoms with van der Waals surface area (Å²) in [5.41, 5.74) is 0. The molecule has 0 aromatic carbocycles. The molecule has 2 fully saturated rings. The lowest BCUT2D eigenvalue weighted by Crippen LogP contribution is -2.37. The molecular weight excluding hydrogens is 254 g/mol. The van der Waals surface area contributed by atoms with Gasteiger partial charge in [-0.05, 0) is 42.5 Å². The SMILES string of the molecule is C=CCN(Cc1cccs1)C(=O)C1CC2CCC1C2. The van der Waals surface area contributed by atoms with Crippen LogP contribution in [0.1, 0.15) is 30.6 Å². The highest BCUT2D eigenvalue weighted by molar-refractivity contribution is 7.09. The van der Waals surface area contributed by atoms with Gasteiger partial charge in [-0.2, -0.15) is 0 Å². The molecule has 2 saturated carbocycles. The molecule has 19 heavy (non-hydrogen) atoms. The molecular formula is C16H21NOS. The Morgan fingerprint density at radius 3 is 2.95 bits per heavy atom. The summed E-state index contributed by atoms with van der Waals surface area (Å²) >= 11 is 1.72. The molecule has 2 bridgehead atoms. The van der Waals surface area contributed by atoms with Crippen molar-refractivity contribution in [3.8, 4) is 0 Å². The van der Waals surface area contributed by atoms with Crippen LogP contribution in [0.25, 0.3) is 0 Å². The molecule has 3 rings (SSSR count). The average molecular weight is 275 g/mol. The molecule has 2 aliphatic carbocycles. The Kier molecular flexibility index (Phi) is 3.74. The molecule has 1 amide bonds. The molecule has 3 heteroatoms. The molecule has 3 atom stereocenters. The maximum atomic E-state index is 12.7. The minimum atomic E-state index is 0.290. The van der Waals surface area contributed by atoms with Gasteiger partial charge in [-0.15, -0.1) is 17.9 Å². The van der Waals surface area contributed by atoms with Crippen molar-refractivity contribution in [3.63, 3.8) is 0 Å². The summed E-state index contributed by atoms with van der Waals surface area (Å²) in [5, 5.41) is 2.07. The standard InChI is InChI=1S/C16H21NOS/c1-2-7-17(11-14-4-3-8-19-14)16(18)15-10-12-5-6-13(15)9-12/h2-4,8,12-13,15H,1,5-7,9-11H2. The maximum absolute atomic E-state index is 12.7. The summed E-state index contributed by atoms with van der Waals surface area (Å²) in [5.74, 6) is 2.14. The number of rotatable bonds is 5. The minimum absolute atomic E-state index is 0.290. The van der Waals surface area contributed by atoms with Crippen molar-refractivity contribution in [2.45, 2.75) is 32.2 Å². The normalized spacial score (nSPS) is 28.5. The van der Waals surface area contributed by atoms with Gasteiger partial charge in [-0.25, -0.2) is 0 Å². The Hall–Kier alpha value is -1.09. The van der Waals surface area contributed by atoms with Crippen LogP contribution < -0.4 is 0 Å². The summed E-state index contributed by atoms with van der Waals surface area (Å²) in [6, 6.07) is 4.16. The van der Waals surface area contributed by atoms with Crippen LogP contribution in [0.2, 0.25) is 0 Å². The van der Waals surface area contributed by atoms with Crippen LogP contribution >= 0.6 is 11.3 Å². The lowest BCUT2D eigenvalue weighted by Gasteiger charge is -2.28. The van der Waals surface area contributed by atoms with E-state index in [2.05, 4.69) is 18.0 Å². The minimum Gasteiger partial charge on any atom is -0.334 e. The molecule has 0 aliphatic heterocycles. The third-order valence-electron chi connectivity index (χ3n) is 4.64. The Morgan fingerprint density at radius 1 is 1.47 bits per heavy atom. The number of fused-ring (bicyclic) bond motifs is 2. The fourth-order valence-electron chi connectivity index (χ4n) is 3.76. The lowest BCUT2D eigenvalue weighted by atomic mass is 9.87. The van der Waals surface area contributed by atoms with E-state index in [4.69, 9.17) is 0 Å². The second-order valence-electron chi connectivity index (χ2n) is 5.87. The monoisotopic (exact) mass is 275 g/mol. The smallest absolute Gasteiger partial charge is 0.226 e. The van der Waals surface area contributed by atoms with E-state index in [1.807, 2.05) is 17.0 Å². The summed E-state index contributed by atoms with van der Waals surface area (Å²) < 4.78 is 0. The predicted octanol–water partition coefficient (Wildman–Crippen LogP) is 3.70. The third kappa shape index (κ3) is 2.62. The fourth-order valence-corrected chi connectivity index (χ4v) is 4.48. The molecule has 0 saturated heterocycles. The summed E-state index contributed by atoms with van der Waals surface area (Å²) in [7, 11) is 0. The maximum Gasteiger partial charge on any atom is 0.226 e. The highest BCUT2D eigenvalue weighted by Crippen LogP contribution is 2.48. The quantitative estimate of drug-likeness (QED) is 0.750. The number of carbonyl (C=O) groups excluding carboxylic acids is 1. The molecule has 0 spiro atoms. The number of hydrogen-bond acceptors (Lipinski definition) is 2. The van der Waals surface area contributed by atoms with E-state index in [-0.39, 0.29) is 0 Å². The Morgan fingerprint density at radius 2 is 2.37 bits per heavy atom. The van der Waals surface area contributed by atoms with Gasteiger partial charge in [0, 0.05) is 17.3 Å². The lowest BCUT2D eigenvalue weighted by molar-refractivity contribution is -0.137. The molecule has 0 N–H and O–H groups in total. The van der Waals surface area contributed by atoms with Gasteiger partial charge in [0.15, 0.2) is 0 Å². The Bertz CT molecular complexity index is 453. The average Bonchev–Trinajstić information content (AvgIpc) is 3.14. The molecule has 2 nitrogen and oxygen atoms in total. The molecule has 2 aliphatic rings. The molecule has 1 aromatic rings. The zero-order valence-corrected chi connectivity index (χ0v) is 12.1. The first-order valence-corrected chi connectivity index (χ1v) is 8.08. The summed E-state index contributed by atoms with van der Waals surface area (Å²) in [6.07, 6.45) is 6.88.